The van der Waals surface area contributed by atoms with Crippen LogP contribution in [0, 0.1) is 5.92 Å². The lowest BCUT2D eigenvalue weighted by atomic mass is 9.89. The van der Waals surface area contributed by atoms with Crippen molar-refractivity contribution in [2.45, 2.75) is 51.4 Å². The molecule has 6 nitrogen and oxygen atoms in total. The predicted molar refractivity (Wildman–Crippen MR) is 115 cm³/mol. The van der Waals surface area contributed by atoms with E-state index < -0.39 is 0 Å². The van der Waals surface area contributed by atoms with E-state index in [1.165, 1.54) is 43.5 Å². The number of fused-ring (bicyclic) bond motifs is 1. The number of nitrogens with zero attached hydrogens (tertiary/aromatic N) is 3. The van der Waals surface area contributed by atoms with Crippen molar-refractivity contribution in [1.82, 2.24) is 14.7 Å². The van der Waals surface area contributed by atoms with Crippen molar-refractivity contribution in [3.05, 3.63) is 35.4 Å². The molecule has 3 amide bonds. The van der Waals surface area contributed by atoms with Crippen molar-refractivity contribution in [1.29, 1.82) is 0 Å². The summed E-state index contributed by atoms with van der Waals surface area (Å²) in [6.45, 7) is 5.13. The van der Waals surface area contributed by atoms with Crippen LogP contribution < -0.4 is 0 Å². The van der Waals surface area contributed by atoms with Crippen molar-refractivity contribution in [2.24, 2.45) is 5.92 Å². The summed E-state index contributed by atoms with van der Waals surface area (Å²) in [6.07, 6.45) is 8.78. The van der Waals surface area contributed by atoms with Crippen LogP contribution in [0.3, 0.4) is 0 Å². The lowest BCUT2D eigenvalue weighted by Gasteiger charge is -2.28. The molecule has 1 saturated heterocycles. The maximum Gasteiger partial charge on any atom is 0.261 e. The zero-order valence-corrected chi connectivity index (χ0v) is 17.9. The molecule has 3 aliphatic rings. The number of imide groups is 1. The van der Waals surface area contributed by atoms with E-state index in [-0.39, 0.29) is 17.7 Å². The molecule has 0 atom stereocenters. The lowest BCUT2D eigenvalue weighted by molar-refractivity contribution is -0.131. The van der Waals surface area contributed by atoms with E-state index in [2.05, 4.69) is 4.90 Å². The maximum atomic E-state index is 12.7. The van der Waals surface area contributed by atoms with E-state index in [0.29, 0.717) is 30.5 Å². The van der Waals surface area contributed by atoms with Crippen LogP contribution in [0.25, 0.3) is 0 Å². The quantitative estimate of drug-likeness (QED) is 0.675. The Kier molecular flexibility index (Phi) is 6.82. The third-order valence-electron chi connectivity index (χ3n) is 6.83. The smallest absolute Gasteiger partial charge is 0.261 e. The minimum Gasteiger partial charge on any atom is -0.341 e. The van der Waals surface area contributed by atoms with Crippen LogP contribution in [0.1, 0.15) is 72.1 Å². The molecule has 1 aromatic carbocycles. The Morgan fingerprint density at radius 3 is 2.27 bits per heavy atom. The molecule has 6 heteroatoms. The highest BCUT2D eigenvalue weighted by Gasteiger charge is 2.34. The number of amides is 3. The summed E-state index contributed by atoms with van der Waals surface area (Å²) in [5.41, 5.74) is 0.943. The SMILES string of the molecule is O=C(CCCN1C(=O)c2ccccc2C1=O)N1CCCN(CC2CCCCC2)CC1. The Labute approximate surface area is 179 Å². The molecule has 1 aromatic rings. The standard InChI is InChI=1S/C24H33N3O3/c28-22(12-6-15-27-23(29)20-10-4-5-11-21(20)24(27)30)26-14-7-13-25(16-17-26)18-19-8-2-1-3-9-19/h4-5,10-11,19H,1-3,6-9,12-18H2. The zero-order chi connectivity index (χ0) is 20.9. The largest absolute Gasteiger partial charge is 0.341 e. The van der Waals surface area contributed by atoms with E-state index >= 15 is 0 Å². The van der Waals surface area contributed by atoms with Crippen molar-refractivity contribution in [3.8, 4) is 0 Å². The van der Waals surface area contributed by atoms with Crippen molar-refractivity contribution in [3.63, 3.8) is 0 Å². The minimum atomic E-state index is -0.240. The van der Waals surface area contributed by atoms with Gasteiger partial charge < -0.3 is 9.80 Å². The number of rotatable bonds is 6. The number of hydrogen-bond acceptors (Lipinski definition) is 4. The second-order valence-electron chi connectivity index (χ2n) is 8.95. The van der Waals surface area contributed by atoms with Gasteiger partial charge in [-0.25, -0.2) is 0 Å². The molecule has 1 saturated carbocycles. The van der Waals surface area contributed by atoms with Crippen LogP contribution in [0.2, 0.25) is 0 Å². The molecule has 0 N–H and O–H groups in total. The fraction of sp³-hybridized carbons (Fsp3) is 0.625. The normalized spacial score (nSPS) is 21.1. The zero-order valence-electron chi connectivity index (χ0n) is 17.9. The fourth-order valence-electron chi connectivity index (χ4n) is 5.13. The summed E-state index contributed by atoms with van der Waals surface area (Å²) >= 11 is 0. The van der Waals surface area contributed by atoms with Gasteiger partial charge in [0.15, 0.2) is 0 Å². The summed E-state index contributed by atoms with van der Waals surface area (Å²) in [7, 11) is 0. The number of carbonyl (C=O) groups excluding carboxylic acids is 3. The molecule has 30 heavy (non-hydrogen) atoms. The van der Waals surface area contributed by atoms with E-state index in [1.807, 2.05) is 4.90 Å². The van der Waals surface area contributed by atoms with Gasteiger partial charge in [0.05, 0.1) is 11.1 Å². The topological polar surface area (TPSA) is 60.9 Å². The van der Waals surface area contributed by atoms with Crippen molar-refractivity contribution >= 4 is 17.7 Å². The van der Waals surface area contributed by atoms with E-state index in [1.54, 1.807) is 24.3 Å². The number of benzene rings is 1. The number of hydrogen-bond donors (Lipinski definition) is 0. The lowest BCUT2D eigenvalue weighted by Crippen LogP contribution is -2.37. The second-order valence-corrected chi connectivity index (χ2v) is 8.95. The molecule has 0 radical (unpaired) electrons. The first-order chi connectivity index (χ1) is 14.6. The Morgan fingerprint density at radius 1 is 0.867 bits per heavy atom. The third kappa shape index (κ3) is 4.75. The molecule has 0 unspecified atom stereocenters. The Balaban J connectivity index is 1.21. The minimum absolute atomic E-state index is 0.145. The second kappa shape index (κ2) is 9.73. The Hall–Kier alpha value is -2.21. The van der Waals surface area contributed by atoms with Crippen LogP contribution in [-0.4, -0.2) is 71.7 Å². The highest BCUT2D eigenvalue weighted by Crippen LogP contribution is 2.25. The van der Waals surface area contributed by atoms with Gasteiger partial charge >= 0.3 is 0 Å². The van der Waals surface area contributed by atoms with Gasteiger partial charge in [-0.3, -0.25) is 19.3 Å². The Bertz CT molecular complexity index is 753. The molecule has 4 rings (SSSR count). The summed E-state index contributed by atoms with van der Waals surface area (Å²) in [4.78, 5) is 43.4. The first-order valence-electron chi connectivity index (χ1n) is 11.6. The van der Waals surface area contributed by atoms with E-state index in [4.69, 9.17) is 0 Å². The van der Waals surface area contributed by atoms with Crippen LogP contribution in [0.15, 0.2) is 24.3 Å². The van der Waals surface area contributed by atoms with Gasteiger partial charge in [0, 0.05) is 39.1 Å². The molecule has 162 valence electrons. The molecule has 2 fully saturated rings. The first kappa shape index (κ1) is 21.0. The number of carbonyl (C=O) groups is 3. The van der Waals surface area contributed by atoms with Gasteiger partial charge in [0.2, 0.25) is 5.91 Å². The van der Waals surface area contributed by atoms with Gasteiger partial charge in [-0.1, -0.05) is 31.4 Å². The van der Waals surface area contributed by atoms with Gasteiger partial charge in [0.25, 0.3) is 11.8 Å². The monoisotopic (exact) mass is 411 g/mol. The van der Waals surface area contributed by atoms with Crippen LogP contribution in [-0.2, 0) is 4.79 Å². The van der Waals surface area contributed by atoms with Gasteiger partial charge in [-0.2, -0.15) is 0 Å². The molecular weight excluding hydrogens is 378 g/mol. The molecular formula is C24H33N3O3. The fourth-order valence-corrected chi connectivity index (χ4v) is 5.13. The van der Waals surface area contributed by atoms with Crippen LogP contribution in [0.5, 0.6) is 0 Å². The molecule has 2 aliphatic heterocycles. The highest BCUT2D eigenvalue weighted by molar-refractivity contribution is 6.21. The van der Waals surface area contributed by atoms with Crippen LogP contribution >= 0.6 is 0 Å². The maximum absolute atomic E-state index is 12.7. The van der Waals surface area contributed by atoms with Gasteiger partial charge in [-0.05, 0) is 50.3 Å². The average Bonchev–Trinajstić information content (AvgIpc) is 2.92. The molecule has 2 heterocycles. The predicted octanol–water partition coefficient (Wildman–Crippen LogP) is 3.18. The summed E-state index contributed by atoms with van der Waals surface area (Å²) < 4.78 is 0. The van der Waals surface area contributed by atoms with Gasteiger partial charge in [0.1, 0.15) is 0 Å². The third-order valence-corrected chi connectivity index (χ3v) is 6.83. The Morgan fingerprint density at radius 2 is 1.57 bits per heavy atom. The molecule has 1 aliphatic carbocycles. The molecule has 0 aromatic heterocycles. The first-order valence-corrected chi connectivity index (χ1v) is 11.6. The molecule has 0 bridgehead atoms. The van der Waals surface area contributed by atoms with Gasteiger partial charge in [-0.15, -0.1) is 0 Å². The highest BCUT2D eigenvalue weighted by atomic mass is 16.2. The van der Waals surface area contributed by atoms with Crippen molar-refractivity contribution in [2.75, 3.05) is 39.3 Å². The summed E-state index contributed by atoms with van der Waals surface area (Å²) in [5, 5.41) is 0. The van der Waals surface area contributed by atoms with E-state index in [9.17, 15) is 14.4 Å². The van der Waals surface area contributed by atoms with Crippen LogP contribution in [0.4, 0.5) is 0 Å². The summed E-state index contributed by atoms with van der Waals surface area (Å²) in [6, 6.07) is 6.93. The summed E-state index contributed by atoms with van der Waals surface area (Å²) in [5.74, 6) is 0.499. The average molecular weight is 412 g/mol. The van der Waals surface area contributed by atoms with E-state index in [0.717, 1.165) is 38.5 Å². The molecule has 0 spiro atoms. The van der Waals surface area contributed by atoms with Crippen molar-refractivity contribution < 1.29 is 14.4 Å².